The highest BCUT2D eigenvalue weighted by molar-refractivity contribution is 7.84. The Labute approximate surface area is 118 Å². The monoisotopic (exact) mass is 294 g/mol. The van der Waals surface area contributed by atoms with Gasteiger partial charge in [-0.2, -0.15) is 4.98 Å². The molecular formula is C13H14N2O4S. The lowest BCUT2D eigenvalue weighted by molar-refractivity contribution is 0.0265. The molecule has 0 radical (unpaired) electrons. The molecule has 2 atom stereocenters. The van der Waals surface area contributed by atoms with Gasteiger partial charge in [-0.25, -0.2) is 4.79 Å². The molecule has 0 saturated heterocycles. The summed E-state index contributed by atoms with van der Waals surface area (Å²) in [6.07, 6.45) is 0.955. The molecule has 20 heavy (non-hydrogen) atoms. The van der Waals surface area contributed by atoms with Crippen molar-refractivity contribution in [3.05, 3.63) is 41.5 Å². The molecule has 0 saturated carbocycles. The molecule has 106 valence electrons. The van der Waals surface area contributed by atoms with Crippen LogP contribution >= 0.6 is 0 Å². The van der Waals surface area contributed by atoms with Gasteiger partial charge in [0.1, 0.15) is 0 Å². The van der Waals surface area contributed by atoms with Gasteiger partial charge in [0.15, 0.2) is 11.9 Å². The highest BCUT2D eigenvalue weighted by Crippen LogP contribution is 2.17. The van der Waals surface area contributed by atoms with E-state index < -0.39 is 22.9 Å². The molecule has 1 aromatic heterocycles. The summed E-state index contributed by atoms with van der Waals surface area (Å²) >= 11 is 0. The molecule has 0 spiro atoms. The molecule has 6 nitrogen and oxygen atoms in total. The van der Waals surface area contributed by atoms with E-state index in [9.17, 15) is 9.00 Å². The average Bonchev–Trinajstić information content (AvgIpc) is 2.85. The highest BCUT2D eigenvalue weighted by Gasteiger charge is 2.18. The van der Waals surface area contributed by atoms with Crippen LogP contribution < -0.4 is 0 Å². The van der Waals surface area contributed by atoms with Crippen molar-refractivity contribution in [1.29, 1.82) is 0 Å². The van der Waals surface area contributed by atoms with Gasteiger partial charge in [0.05, 0.1) is 5.56 Å². The molecule has 0 N–H and O–H groups in total. The number of benzene rings is 1. The third-order valence-corrected chi connectivity index (χ3v) is 3.53. The fraction of sp³-hybridized carbons (Fsp3) is 0.308. The lowest BCUT2D eigenvalue weighted by Crippen LogP contribution is -2.09. The first-order chi connectivity index (χ1) is 9.47. The van der Waals surface area contributed by atoms with E-state index in [1.165, 1.54) is 0 Å². The SMILES string of the molecule is Cc1noc([C@H](C)OC(=O)c2ccc([S@](C)=O)cc2)n1. The van der Waals surface area contributed by atoms with Gasteiger partial charge < -0.3 is 9.26 Å². The largest absolute Gasteiger partial charge is 0.449 e. The van der Waals surface area contributed by atoms with Crippen LogP contribution in [-0.2, 0) is 15.5 Å². The van der Waals surface area contributed by atoms with Crippen LogP contribution in [-0.4, -0.2) is 26.6 Å². The standard InChI is InChI=1S/C13H14N2O4S/c1-8(12-14-9(2)15-19-12)18-13(16)10-4-6-11(7-5-10)20(3)17/h4-8H,1-3H3/t8-,20-/m0/s1. The van der Waals surface area contributed by atoms with E-state index in [-0.39, 0.29) is 5.89 Å². The van der Waals surface area contributed by atoms with Gasteiger partial charge in [-0.15, -0.1) is 0 Å². The maximum atomic E-state index is 11.9. The summed E-state index contributed by atoms with van der Waals surface area (Å²) in [6.45, 7) is 3.34. The molecule has 0 aliphatic carbocycles. The van der Waals surface area contributed by atoms with Gasteiger partial charge >= 0.3 is 5.97 Å². The second kappa shape index (κ2) is 5.96. The van der Waals surface area contributed by atoms with Crippen LogP contribution in [0.1, 0.15) is 35.1 Å². The predicted octanol–water partition coefficient (Wildman–Crippen LogP) is 2.03. The first-order valence-corrected chi connectivity index (χ1v) is 7.48. The maximum absolute atomic E-state index is 11.9. The Hall–Kier alpha value is -2.02. The van der Waals surface area contributed by atoms with Crippen molar-refractivity contribution in [3.8, 4) is 0 Å². The minimum absolute atomic E-state index is 0.252. The van der Waals surface area contributed by atoms with Crippen molar-refractivity contribution in [1.82, 2.24) is 10.1 Å². The molecule has 1 heterocycles. The summed E-state index contributed by atoms with van der Waals surface area (Å²) in [4.78, 5) is 16.6. The van der Waals surface area contributed by atoms with E-state index in [0.29, 0.717) is 16.3 Å². The van der Waals surface area contributed by atoms with Crippen LogP contribution in [0.4, 0.5) is 0 Å². The normalized spacial score (nSPS) is 13.8. The van der Waals surface area contributed by atoms with Gasteiger partial charge in [0.2, 0.25) is 0 Å². The third-order valence-electron chi connectivity index (χ3n) is 2.60. The Morgan fingerprint density at radius 2 is 2.00 bits per heavy atom. The van der Waals surface area contributed by atoms with Gasteiger partial charge in [0, 0.05) is 22.0 Å². The quantitative estimate of drug-likeness (QED) is 0.802. The smallest absolute Gasteiger partial charge is 0.338 e. The first kappa shape index (κ1) is 14.4. The minimum Gasteiger partial charge on any atom is -0.449 e. The Balaban J connectivity index is 2.06. The lowest BCUT2D eigenvalue weighted by Gasteiger charge is -2.09. The number of hydrogen-bond donors (Lipinski definition) is 0. The van der Waals surface area contributed by atoms with E-state index in [0.717, 1.165) is 0 Å². The van der Waals surface area contributed by atoms with Crippen LogP contribution in [0.3, 0.4) is 0 Å². The van der Waals surface area contributed by atoms with Crippen LogP contribution in [0.25, 0.3) is 0 Å². The Kier molecular flexibility index (Phi) is 4.29. The van der Waals surface area contributed by atoms with E-state index in [2.05, 4.69) is 10.1 Å². The Morgan fingerprint density at radius 3 is 2.50 bits per heavy atom. The van der Waals surface area contributed by atoms with Gasteiger partial charge in [-0.05, 0) is 38.1 Å². The molecule has 0 aliphatic heterocycles. The molecule has 7 heteroatoms. The maximum Gasteiger partial charge on any atom is 0.338 e. The second-order valence-corrected chi connectivity index (χ2v) is 5.59. The number of esters is 1. The second-order valence-electron chi connectivity index (χ2n) is 4.21. The summed E-state index contributed by atoms with van der Waals surface area (Å²) in [5, 5.41) is 3.64. The van der Waals surface area contributed by atoms with Crippen LogP contribution in [0.15, 0.2) is 33.7 Å². The summed E-state index contributed by atoms with van der Waals surface area (Å²) in [5.74, 6) is 0.238. The van der Waals surface area contributed by atoms with E-state index in [4.69, 9.17) is 9.26 Å². The Bertz CT molecular complexity index is 636. The van der Waals surface area contributed by atoms with E-state index in [1.54, 1.807) is 44.4 Å². The zero-order valence-corrected chi connectivity index (χ0v) is 12.1. The Morgan fingerprint density at radius 1 is 1.35 bits per heavy atom. The number of rotatable bonds is 4. The fourth-order valence-corrected chi connectivity index (χ4v) is 2.06. The predicted molar refractivity (Wildman–Crippen MR) is 71.6 cm³/mol. The van der Waals surface area contributed by atoms with E-state index >= 15 is 0 Å². The van der Waals surface area contributed by atoms with Crippen molar-refractivity contribution in [3.63, 3.8) is 0 Å². The molecular weight excluding hydrogens is 280 g/mol. The molecule has 0 aliphatic rings. The summed E-state index contributed by atoms with van der Waals surface area (Å²) in [7, 11) is -1.07. The number of aryl methyl sites for hydroxylation is 1. The highest BCUT2D eigenvalue weighted by atomic mass is 32.2. The molecule has 2 rings (SSSR count). The zero-order chi connectivity index (χ0) is 14.7. The van der Waals surface area contributed by atoms with Crippen LogP contribution in [0.2, 0.25) is 0 Å². The number of carbonyl (C=O) groups excluding carboxylic acids is 1. The average molecular weight is 294 g/mol. The van der Waals surface area contributed by atoms with Crippen molar-refractivity contribution in [2.45, 2.75) is 24.8 Å². The first-order valence-electron chi connectivity index (χ1n) is 5.92. The van der Waals surface area contributed by atoms with Gasteiger partial charge in [-0.3, -0.25) is 4.21 Å². The topological polar surface area (TPSA) is 82.3 Å². The molecule has 1 aromatic carbocycles. The molecule has 2 aromatic rings. The minimum atomic E-state index is -1.07. The zero-order valence-electron chi connectivity index (χ0n) is 11.3. The number of carbonyl (C=O) groups is 1. The van der Waals surface area contributed by atoms with Gasteiger partial charge in [0.25, 0.3) is 5.89 Å². The molecule has 0 fully saturated rings. The number of aromatic nitrogens is 2. The van der Waals surface area contributed by atoms with Crippen molar-refractivity contribution in [2.24, 2.45) is 0 Å². The fourth-order valence-electron chi connectivity index (χ4n) is 1.54. The van der Waals surface area contributed by atoms with Crippen LogP contribution in [0, 0.1) is 6.92 Å². The molecule has 0 amide bonds. The molecule has 0 unspecified atom stereocenters. The van der Waals surface area contributed by atoms with Crippen LogP contribution in [0.5, 0.6) is 0 Å². The van der Waals surface area contributed by atoms with Crippen molar-refractivity contribution < 1.29 is 18.3 Å². The number of nitrogens with zero attached hydrogens (tertiary/aromatic N) is 2. The summed E-state index contributed by atoms with van der Waals surface area (Å²) in [5.41, 5.74) is 0.377. The lowest BCUT2D eigenvalue weighted by atomic mass is 10.2. The summed E-state index contributed by atoms with van der Waals surface area (Å²) in [6, 6.07) is 6.41. The summed E-state index contributed by atoms with van der Waals surface area (Å²) < 4.78 is 21.4. The number of ether oxygens (including phenoxy) is 1. The number of hydrogen-bond acceptors (Lipinski definition) is 6. The third kappa shape index (κ3) is 3.30. The van der Waals surface area contributed by atoms with Crippen molar-refractivity contribution in [2.75, 3.05) is 6.26 Å². The van der Waals surface area contributed by atoms with E-state index in [1.807, 2.05) is 0 Å². The van der Waals surface area contributed by atoms with Gasteiger partial charge in [-0.1, -0.05) is 5.16 Å². The molecule has 0 bridgehead atoms. The van der Waals surface area contributed by atoms with Crippen molar-refractivity contribution >= 4 is 16.8 Å².